The van der Waals surface area contributed by atoms with E-state index in [1.807, 2.05) is 0 Å². The van der Waals surface area contributed by atoms with E-state index in [-0.39, 0.29) is 61.0 Å². The van der Waals surface area contributed by atoms with Crippen LogP contribution in [0.2, 0.25) is 0 Å². The summed E-state index contributed by atoms with van der Waals surface area (Å²) in [6.45, 7) is 0. The van der Waals surface area contributed by atoms with Crippen LogP contribution in [0.4, 0.5) is 0 Å². The maximum atomic E-state index is 9.83. The second-order valence-corrected chi connectivity index (χ2v) is 9.85. The van der Waals surface area contributed by atoms with Crippen LogP contribution in [0.25, 0.3) is 87.6 Å². The molecule has 8 aromatic carbocycles. The minimum atomic E-state index is -0.744. The molecule has 1 aromatic heterocycles. The second-order valence-electron chi connectivity index (χ2n) is 9.85. The average Bonchev–Trinajstić information content (AvgIpc) is 3.66. The monoisotopic (exact) mass is 564 g/mol. The lowest BCUT2D eigenvalue weighted by atomic mass is 9.84. The maximum absolute atomic E-state index is 9.83. The van der Waals surface area contributed by atoms with Gasteiger partial charge in [0.25, 0.3) is 0 Å². The van der Waals surface area contributed by atoms with Gasteiger partial charge in [0.05, 0.1) is 24.7 Å². The van der Waals surface area contributed by atoms with Gasteiger partial charge in [-0.1, -0.05) is 127 Å². The highest BCUT2D eigenvalue weighted by Crippen LogP contribution is 2.46. The van der Waals surface area contributed by atoms with Crippen molar-refractivity contribution in [2.24, 2.45) is 0 Å². The van der Waals surface area contributed by atoms with E-state index in [0.29, 0.717) is 21.5 Å². The summed E-state index contributed by atoms with van der Waals surface area (Å²) in [6, 6.07) is 2.32. The quantitative estimate of drug-likeness (QED) is 0.195. The van der Waals surface area contributed by atoms with Crippen LogP contribution in [0.5, 0.6) is 0 Å². The molecule has 0 saturated carbocycles. The lowest BCUT2D eigenvalue weighted by Gasteiger charge is -2.19. The van der Waals surface area contributed by atoms with Crippen LogP contribution in [0, 0.1) is 0 Å². The fraction of sp³-hybridized carbons (Fsp3) is 0. The summed E-state index contributed by atoms with van der Waals surface area (Å²) in [5.74, 6) is 0. The van der Waals surface area contributed by atoms with Gasteiger partial charge in [-0.25, -0.2) is 0 Å². The van der Waals surface area contributed by atoms with Crippen LogP contribution >= 0.6 is 0 Å². The summed E-state index contributed by atoms with van der Waals surface area (Å²) in [4.78, 5) is 0. The molecule has 0 aliphatic rings. The predicted molar refractivity (Wildman–Crippen MR) is 183 cm³/mol. The topological polar surface area (TPSA) is 13.1 Å². The molecule has 0 unspecified atom stereocenters. The Labute approximate surface area is 274 Å². The van der Waals surface area contributed by atoms with E-state index in [1.165, 1.54) is 0 Å². The van der Waals surface area contributed by atoms with Crippen LogP contribution in [0.15, 0.2) is 162 Å². The van der Waals surface area contributed by atoms with E-state index in [9.17, 15) is 6.85 Å². The zero-order chi connectivity index (χ0) is 44.0. The molecular formula is C42H26O. The van der Waals surface area contributed by atoms with Crippen molar-refractivity contribution in [3.05, 3.63) is 157 Å². The molecule has 0 saturated heterocycles. The highest BCUT2D eigenvalue weighted by molar-refractivity contribution is 6.22. The first-order valence-corrected chi connectivity index (χ1v) is 13.3. The van der Waals surface area contributed by atoms with E-state index in [4.69, 9.17) is 22.2 Å². The van der Waals surface area contributed by atoms with Crippen molar-refractivity contribution in [1.29, 1.82) is 0 Å². The number of hydrogen-bond acceptors (Lipinski definition) is 1. The fourth-order valence-corrected chi connectivity index (χ4v) is 5.71. The smallest absolute Gasteiger partial charge is 0.136 e. The maximum Gasteiger partial charge on any atom is 0.136 e. The number of hydrogen-bond donors (Lipinski definition) is 0. The Morgan fingerprint density at radius 2 is 0.977 bits per heavy atom. The molecule has 1 heterocycles. The van der Waals surface area contributed by atoms with Crippen molar-refractivity contribution in [3.63, 3.8) is 0 Å². The summed E-state index contributed by atoms with van der Waals surface area (Å²) < 4.78 is 165. The first kappa shape index (κ1) is 12.3. The molecular weight excluding hydrogens is 520 g/mol. The highest BCUT2D eigenvalue weighted by atomic mass is 16.3. The molecule has 0 atom stereocenters. The van der Waals surface area contributed by atoms with Crippen molar-refractivity contribution in [2.45, 2.75) is 0 Å². The Morgan fingerprint density at radius 1 is 0.395 bits per heavy atom. The van der Waals surface area contributed by atoms with Gasteiger partial charge in [0, 0.05) is 10.8 Å². The molecule has 1 nitrogen and oxygen atoms in total. The average molecular weight is 565 g/mol. The molecule has 0 bridgehead atoms. The zero-order valence-corrected chi connectivity index (χ0v) is 22.0. The predicted octanol–water partition coefficient (Wildman–Crippen LogP) is 12.0. The van der Waals surface area contributed by atoms with E-state index >= 15 is 0 Å². The van der Waals surface area contributed by atoms with Gasteiger partial charge in [-0.05, 0) is 95.9 Å². The summed E-state index contributed by atoms with van der Waals surface area (Å²) in [7, 11) is 0. The van der Waals surface area contributed by atoms with E-state index in [2.05, 4.69) is 0 Å². The van der Waals surface area contributed by atoms with Crippen molar-refractivity contribution in [2.75, 3.05) is 0 Å². The Kier molecular flexibility index (Phi) is 2.70. The van der Waals surface area contributed by atoms with Gasteiger partial charge < -0.3 is 4.42 Å². The number of benzene rings is 8. The first-order valence-electron chi connectivity index (χ1n) is 22.3. The van der Waals surface area contributed by atoms with E-state index < -0.39 is 114 Å². The molecule has 0 aliphatic heterocycles. The third kappa shape index (κ3) is 3.72. The lowest BCUT2D eigenvalue weighted by molar-refractivity contribution is 0.669. The van der Waals surface area contributed by atoms with Gasteiger partial charge in [-0.2, -0.15) is 0 Å². The molecule has 43 heavy (non-hydrogen) atoms. The van der Waals surface area contributed by atoms with Crippen LogP contribution in [0.1, 0.15) is 24.7 Å². The molecule has 0 radical (unpaired) electrons. The molecule has 9 rings (SSSR count). The van der Waals surface area contributed by atoms with Crippen LogP contribution in [0.3, 0.4) is 0 Å². The van der Waals surface area contributed by atoms with Crippen LogP contribution in [-0.2, 0) is 0 Å². The minimum absolute atomic E-state index is 0.0876. The summed E-state index contributed by atoms with van der Waals surface area (Å²) in [6.07, 6.45) is 0. The van der Waals surface area contributed by atoms with Gasteiger partial charge in [0.1, 0.15) is 11.2 Å². The number of para-hydroxylation sites is 1. The van der Waals surface area contributed by atoms with Crippen LogP contribution < -0.4 is 0 Å². The van der Waals surface area contributed by atoms with Gasteiger partial charge in [0.2, 0.25) is 0 Å². The van der Waals surface area contributed by atoms with Crippen molar-refractivity contribution in [1.82, 2.24) is 0 Å². The van der Waals surface area contributed by atoms with E-state index in [0.717, 1.165) is 0 Å². The summed E-state index contributed by atoms with van der Waals surface area (Å²) >= 11 is 0. The third-order valence-electron chi connectivity index (χ3n) is 7.50. The molecule has 0 amide bonds. The second kappa shape index (κ2) is 9.44. The van der Waals surface area contributed by atoms with Crippen molar-refractivity contribution >= 4 is 54.3 Å². The Bertz CT molecular complexity index is 3430. The molecule has 200 valence electrons. The molecule has 1 heteroatoms. The van der Waals surface area contributed by atoms with Gasteiger partial charge >= 0.3 is 0 Å². The summed E-state index contributed by atoms with van der Waals surface area (Å²) in [5.41, 5.74) is -1.28. The van der Waals surface area contributed by atoms with Gasteiger partial charge in [-0.15, -0.1) is 0 Å². The normalized spacial score (nSPS) is 17.6. The molecule has 9 aromatic rings. The minimum Gasteiger partial charge on any atom is -0.456 e. The first-order chi connectivity index (χ1) is 28.8. The third-order valence-corrected chi connectivity index (χ3v) is 7.50. The molecule has 0 aliphatic carbocycles. The number of fused-ring (bicyclic) bond motifs is 6. The van der Waals surface area contributed by atoms with Gasteiger partial charge in [-0.3, -0.25) is 0 Å². The molecule has 0 fully saturated rings. The van der Waals surface area contributed by atoms with E-state index in [1.54, 1.807) is 48.5 Å². The Hall–Kier alpha value is -5.66. The zero-order valence-electron chi connectivity index (χ0n) is 40.0. The number of furan rings is 1. The molecule has 0 N–H and O–H groups in total. The Morgan fingerprint density at radius 3 is 1.70 bits per heavy atom. The van der Waals surface area contributed by atoms with Crippen LogP contribution in [-0.4, -0.2) is 0 Å². The standard InChI is InChI=1S/C42H26O/c1-2-12-27(13-3-1)38-25-30(24-28-14-4-5-15-31(28)38)42-36-19-8-6-17-34(36)41(35-18-7-9-20-37(35)42)29-22-23-33-32-16-10-11-21-39(32)43-40(33)26-29/h1-26H/i1D,2D,3D,4D,5D,10D,11D,12D,13D,14D,15D,16D,21D,22D,23D,24D,25D,26D. The lowest BCUT2D eigenvalue weighted by Crippen LogP contribution is -1.92. The SMILES string of the molecule is [2H]c1c([2H])c([2H])c(-c2c([2H])c(-c3c4ccccc4c(-c4c([2H])c([2H])c5c(oc6c([2H])c([2H])c([2H])c([2H])c65)c4[2H])c4ccccc34)c([2H])c3c([2H])c([2H])c([2H])c([2H])c23)c([2H])c1[2H]. The fourth-order valence-electron chi connectivity index (χ4n) is 5.71. The summed E-state index contributed by atoms with van der Waals surface area (Å²) in [5, 5.41) is 0.312. The largest absolute Gasteiger partial charge is 0.456 e. The Balaban J connectivity index is 1.49. The van der Waals surface area contributed by atoms with Crippen molar-refractivity contribution < 1.29 is 29.1 Å². The molecule has 0 spiro atoms. The van der Waals surface area contributed by atoms with Crippen molar-refractivity contribution in [3.8, 4) is 33.4 Å². The number of rotatable bonds is 3. The van der Waals surface area contributed by atoms with Gasteiger partial charge in [0.15, 0.2) is 0 Å². The highest BCUT2D eigenvalue weighted by Gasteiger charge is 2.19.